The van der Waals surface area contributed by atoms with Crippen molar-refractivity contribution in [1.29, 1.82) is 0 Å². The van der Waals surface area contributed by atoms with E-state index in [0.29, 0.717) is 30.3 Å². The molecule has 6 nitrogen and oxygen atoms in total. The second-order valence-electron chi connectivity index (χ2n) is 8.54. The van der Waals surface area contributed by atoms with E-state index in [9.17, 15) is 13.6 Å². The summed E-state index contributed by atoms with van der Waals surface area (Å²) in [6, 6.07) is 21.4. The molecule has 4 aromatic rings. The summed E-state index contributed by atoms with van der Waals surface area (Å²) in [5, 5.41) is 2.09. The highest BCUT2D eigenvalue weighted by Crippen LogP contribution is 2.36. The van der Waals surface area contributed by atoms with E-state index in [0.717, 1.165) is 34.9 Å². The van der Waals surface area contributed by atoms with E-state index in [4.69, 9.17) is 10.6 Å². The molecule has 0 unspecified atom stereocenters. The molecular formula is C28H29F2N3O3. The molecule has 0 spiro atoms. The van der Waals surface area contributed by atoms with Gasteiger partial charge < -0.3 is 14.0 Å². The molecule has 36 heavy (non-hydrogen) atoms. The lowest BCUT2D eigenvalue weighted by molar-refractivity contribution is -0.0498. The highest BCUT2D eigenvalue weighted by molar-refractivity contribution is 5.99. The summed E-state index contributed by atoms with van der Waals surface area (Å²) >= 11 is 0. The number of nitrogens with two attached hydrogens (primary N) is 1. The number of unbranched alkanes of at least 4 members (excludes halogenated alkanes) is 1. The molecule has 0 saturated carbocycles. The van der Waals surface area contributed by atoms with Gasteiger partial charge in [-0.25, -0.2) is 5.84 Å². The number of aromatic nitrogens is 1. The number of hydrogen-bond donors (Lipinski definition) is 1. The molecule has 8 heteroatoms. The zero-order valence-electron chi connectivity index (χ0n) is 20.3. The maximum Gasteiger partial charge on any atom is 0.387 e. The van der Waals surface area contributed by atoms with Gasteiger partial charge in [0, 0.05) is 23.1 Å². The average Bonchev–Trinajstić information content (AvgIpc) is 3.12. The second kappa shape index (κ2) is 11.2. The Labute approximate surface area is 208 Å². The van der Waals surface area contributed by atoms with Crippen molar-refractivity contribution in [3.63, 3.8) is 0 Å². The third-order valence-corrected chi connectivity index (χ3v) is 5.94. The van der Waals surface area contributed by atoms with Crippen LogP contribution in [0.15, 0.2) is 72.8 Å². The number of alkyl halides is 2. The first kappa shape index (κ1) is 25.2. The highest BCUT2D eigenvalue weighted by Gasteiger charge is 2.20. The van der Waals surface area contributed by atoms with E-state index < -0.39 is 6.61 Å². The average molecular weight is 494 g/mol. The van der Waals surface area contributed by atoms with Crippen LogP contribution in [-0.4, -0.2) is 28.6 Å². The Morgan fingerprint density at radius 3 is 2.50 bits per heavy atom. The molecule has 0 aliphatic rings. The van der Waals surface area contributed by atoms with Gasteiger partial charge in [0.1, 0.15) is 11.5 Å². The standard InChI is InChI=1S/C28H29F2N3O3/c1-3-4-15-33(31)26(34)21-13-14-25-24(17-21)19(2)27(35-22-10-6-5-7-11-22)32(25)18-20-9-8-12-23(16-20)36-28(29)30/h5-14,16-17,28H,3-4,15,18,31H2,1-2H3. The molecule has 4 rings (SSSR count). The molecular weight excluding hydrogens is 464 g/mol. The predicted molar refractivity (Wildman–Crippen MR) is 135 cm³/mol. The minimum absolute atomic E-state index is 0.0872. The summed E-state index contributed by atoms with van der Waals surface area (Å²) in [6.07, 6.45) is 1.76. The first-order valence-corrected chi connectivity index (χ1v) is 11.8. The molecule has 1 heterocycles. The van der Waals surface area contributed by atoms with Crippen molar-refractivity contribution in [2.75, 3.05) is 6.54 Å². The molecule has 3 aromatic carbocycles. The largest absolute Gasteiger partial charge is 0.441 e. The van der Waals surface area contributed by atoms with Crippen LogP contribution in [0.4, 0.5) is 8.78 Å². The van der Waals surface area contributed by atoms with E-state index in [-0.39, 0.29) is 11.7 Å². The van der Waals surface area contributed by atoms with Gasteiger partial charge in [-0.1, -0.05) is 43.7 Å². The van der Waals surface area contributed by atoms with Crippen LogP contribution in [-0.2, 0) is 6.54 Å². The topological polar surface area (TPSA) is 69.7 Å². The molecule has 0 aliphatic carbocycles. The van der Waals surface area contributed by atoms with E-state index in [1.165, 1.54) is 11.1 Å². The molecule has 0 bridgehead atoms. The van der Waals surface area contributed by atoms with Gasteiger partial charge in [0.05, 0.1) is 12.1 Å². The van der Waals surface area contributed by atoms with E-state index in [1.54, 1.807) is 18.2 Å². The summed E-state index contributed by atoms with van der Waals surface area (Å²) in [7, 11) is 0. The molecule has 2 N–H and O–H groups in total. The summed E-state index contributed by atoms with van der Waals surface area (Å²) in [4.78, 5) is 12.9. The number of carbonyl (C=O) groups is 1. The fraction of sp³-hybridized carbons (Fsp3) is 0.250. The zero-order chi connectivity index (χ0) is 25.7. The van der Waals surface area contributed by atoms with Crippen molar-refractivity contribution >= 4 is 16.8 Å². The molecule has 188 valence electrons. The number of rotatable bonds is 10. The Bertz CT molecular complexity index is 1340. The number of amides is 1. The normalized spacial score (nSPS) is 11.2. The van der Waals surface area contributed by atoms with Gasteiger partial charge >= 0.3 is 6.61 Å². The predicted octanol–water partition coefficient (Wildman–Crippen LogP) is 6.51. The number of halogens is 2. The van der Waals surface area contributed by atoms with Gasteiger partial charge in [-0.15, -0.1) is 0 Å². The minimum atomic E-state index is -2.90. The van der Waals surface area contributed by atoms with Gasteiger partial charge in [-0.2, -0.15) is 8.78 Å². The van der Waals surface area contributed by atoms with Crippen LogP contribution in [0.3, 0.4) is 0 Å². The SMILES string of the molecule is CCCCN(N)C(=O)c1ccc2c(c1)c(C)c(Oc1ccccc1)n2Cc1cccc(OC(F)F)c1. The van der Waals surface area contributed by atoms with Crippen LogP contribution >= 0.6 is 0 Å². The van der Waals surface area contributed by atoms with Crippen LogP contribution in [0.2, 0.25) is 0 Å². The van der Waals surface area contributed by atoms with Gasteiger partial charge in [-0.05, 0) is 61.4 Å². The van der Waals surface area contributed by atoms with Gasteiger partial charge in [0.15, 0.2) is 0 Å². The number of aryl methyl sites for hydroxylation is 1. The number of hydrazine groups is 1. The summed E-state index contributed by atoms with van der Waals surface area (Å²) < 4.78 is 38.3. The number of hydrogen-bond acceptors (Lipinski definition) is 4. The molecule has 0 saturated heterocycles. The number of para-hydroxylation sites is 1. The summed E-state index contributed by atoms with van der Waals surface area (Å²) in [6.45, 7) is 1.90. The monoisotopic (exact) mass is 493 g/mol. The fourth-order valence-electron chi connectivity index (χ4n) is 4.12. The Balaban J connectivity index is 1.76. The summed E-state index contributed by atoms with van der Waals surface area (Å²) in [5.41, 5.74) is 2.93. The maximum absolute atomic E-state index is 12.9. The van der Waals surface area contributed by atoms with E-state index >= 15 is 0 Å². The van der Waals surface area contributed by atoms with Crippen molar-refractivity contribution in [3.8, 4) is 17.4 Å². The molecule has 0 fully saturated rings. The lowest BCUT2D eigenvalue weighted by atomic mass is 10.1. The smallest absolute Gasteiger partial charge is 0.387 e. The van der Waals surface area contributed by atoms with Crippen molar-refractivity contribution in [3.05, 3.63) is 89.5 Å². The van der Waals surface area contributed by atoms with Crippen molar-refractivity contribution < 1.29 is 23.0 Å². The lowest BCUT2D eigenvalue weighted by Crippen LogP contribution is -2.38. The minimum Gasteiger partial charge on any atom is -0.441 e. The van der Waals surface area contributed by atoms with E-state index in [1.807, 2.05) is 66.9 Å². The molecule has 1 aromatic heterocycles. The van der Waals surface area contributed by atoms with Gasteiger partial charge in [0.25, 0.3) is 5.91 Å². The lowest BCUT2D eigenvalue weighted by Gasteiger charge is -2.16. The Kier molecular flexibility index (Phi) is 7.85. The maximum atomic E-state index is 12.9. The molecule has 0 radical (unpaired) electrons. The zero-order valence-corrected chi connectivity index (χ0v) is 20.3. The highest BCUT2D eigenvalue weighted by atomic mass is 19.3. The number of ether oxygens (including phenoxy) is 2. The Morgan fingerprint density at radius 2 is 1.78 bits per heavy atom. The van der Waals surface area contributed by atoms with Gasteiger partial charge in [0.2, 0.25) is 5.88 Å². The van der Waals surface area contributed by atoms with Gasteiger partial charge in [-0.3, -0.25) is 9.80 Å². The number of nitrogens with zero attached hydrogens (tertiary/aromatic N) is 2. The van der Waals surface area contributed by atoms with Crippen LogP contribution < -0.4 is 15.3 Å². The fourth-order valence-corrected chi connectivity index (χ4v) is 4.12. The molecule has 0 aliphatic heterocycles. The molecule has 1 amide bonds. The number of fused-ring (bicyclic) bond motifs is 1. The molecule has 0 atom stereocenters. The van der Waals surface area contributed by atoms with Crippen LogP contribution in [0.5, 0.6) is 17.4 Å². The quantitative estimate of drug-likeness (QED) is 0.155. The van der Waals surface area contributed by atoms with Crippen molar-refractivity contribution in [1.82, 2.24) is 9.58 Å². The van der Waals surface area contributed by atoms with Crippen LogP contribution in [0, 0.1) is 6.92 Å². The Morgan fingerprint density at radius 1 is 1.03 bits per heavy atom. The number of carbonyl (C=O) groups excluding carboxylic acids is 1. The second-order valence-corrected chi connectivity index (χ2v) is 8.54. The van der Waals surface area contributed by atoms with E-state index in [2.05, 4.69) is 4.74 Å². The number of benzene rings is 3. The van der Waals surface area contributed by atoms with Crippen molar-refractivity contribution in [2.45, 2.75) is 39.8 Å². The Hall–Kier alpha value is -3.91. The first-order valence-electron chi connectivity index (χ1n) is 11.8. The third kappa shape index (κ3) is 5.66. The van der Waals surface area contributed by atoms with Crippen LogP contribution in [0.25, 0.3) is 10.9 Å². The van der Waals surface area contributed by atoms with Crippen molar-refractivity contribution in [2.24, 2.45) is 5.84 Å². The first-order chi connectivity index (χ1) is 17.4. The summed E-state index contributed by atoms with van der Waals surface area (Å²) in [5.74, 6) is 7.08. The third-order valence-electron chi connectivity index (χ3n) is 5.94. The van der Waals surface area contributed by atoms with Crippen LogP contribution in [0.1, 0.15) is 41.3 Å².